The van der Waals surface area contributed by atoms with Crippen molar-refractivity contribution < 1.29 is 10.2 Å². The number of hydrogen-bond donors (Lipinski definition) is 2. The van der Waals surface area contributed by atoms with Gasteiger partial charge in [0, 0.05) is 0 Å². The van der Waals surface area contributed by atoms with E-state index in [9.17, 15) is 10.2 Å². The van der Waals surface area contributed by atoms with Crippen LogP contribution in [0.1, 0.15) is 116 Å². The molecular weight excluding hydrogens is 392 g/mol. The molecule has 0 aliphatic carbocycles. The monoisotopic (exact) mass is 437 g/mol. The fourth-order valence-corrected chi connectivity index (χ4v) is 4.11. The molecule has 32 heavy (non-hydrogen) atoms. The first kappa shape index (κ1) is 26.3. The molecule has 0 heterocycles. The zero-order chi connectivity index (χ0) is 24.9. The van der Waals surface area contributed by atoms with E-state index in [1.165, 1.54) is 5.56 Å². The smallest absolute Gasteiger partial charge is 0.123 e. The Kier molecular flexibility index (Phi) is 6.93. The third-order valence-electron chi connectivity index (χ3n) is 6.11. The molecule has 0 atom stereocenters. The van der Waals surface area contributed by atoms with Gasteiger partial charge in [0.15, 0.2) is 0 Å². The molecular formula is C30H45O2. The topological polar surface area (TPSA) is 40.5 Å². The summed E-state index contributed by atoms with van der Waals surface area (Å²) in [5, 5.41) is 22.0. The van der Waals surface area contributed by atoms with Crippen LogP contribution < -0.4 is 0 Å². The van der Waals surface area contributed by atoms with Crippen molar-refractivity contribution in [1.82, 2.24) is 0 Å². The Morgan fingerprint density at radius 2 is 0.812 bits per heavy atom. The van der Waals surface area contributed by atoms with Crippen LogP contribution in [0.25, 0.3) is 0 Å². The molecule has 0 aliphatic heterocycles. The second kappa shape index (κ2) is 8.43. The summed E-state index contributed by atoms with van der Waals surface area (Å²) >= 11 is 0. The van der Waals surface area contributed by atoms with Crippen molar-refractivity contribution >= 4 is 0 Å². The minimum absolute atomic E-state index is 0.141. The van der Waals surface area contributed by atoms with Crippen molar-refractivity contribution in [2.45, 2.75) is 111 Å². The van der Waals surface area contributed by atoms with Crippen molar-refractivity contribution in [3.63, 3.8) is 0 Å². The third kappa shape index (κ3) is 5.88. The van der Waals surface area contributed by atoms with Crippen molar-refractivity contribution in [1.29, 1.82) is 0 Å². The summed E-state index contributed by atoms with van der Waals surface area (Å²) < 4.78 is 0. The molecule has 177 valence electrons. The van der Waals surface area contributed by atoms with E-state index < -0.39 is 0 Å². The average Bonchev–Trinajstić information content (AvgIpc) is 2.57. The van der Waals surface area contributed by atoms with Gasteiger partial charge in [-0.25, -0.2) is 0 Å². The van der Waals surface area contributed by atoms with E-state index in [1.807, 2.05) is 0 Å². The van der Waals surface area contributed by atoms with Crippen molar-refractivity contribution in [3.05, 3.63) is 64.1 Å². The molecule has 0 saturated heterocycles. The van der Waals surface area contributed by atoms with E-state index >= 15 is 0 Å². The minimum Gasteiger partial charge on any atom is -0.507 e. The predicted octanol–water partition coefficient (Wildman–Crippen LogP) is 8.08. The highest BCUT2D eigenvalue weighted by atomic mass is 16.3. The Morgan fingerprint density at radius 3 is 1.09 bits per heavy atom. The lowest BCUT2D eigenvalue weighted by Crippen LogP contribution is -2.18. The van der Waals surface area contributed by atoms with E-state index in [1.54, 1.807) is 0 Å². The van der Waals surface area contributed by atoms with E-state index in [4.69, 9.17) is 0 Å². The van der Waals surface area contributed by atoms with Gasteiger partial charge in [-0.15, -0.1) is 0 Å². The van der Waals surface area contributed by atoms with Crippen molar-refractivity contribution in [2.75, 3.05) is 0 Å². The normalized spacial score (nSPS) is 13.5. The number of phenolic OH excluding ortho intramolecular Hbond substituents is 2. The Bertz CT molecular complexity index is 816. The number of benzene rings is 2. The van der Waals surface area contributed by atoms with Crippen LogP contribution in [0.15, 0.2) is 24.3 Å². The molecule has 0 amide bonds. The zero-order valence-electron chi connectivity index (χ0n) is 22.5. The van der Waals surface area contributed by atoms with Gasteiger partial charge in [-0.3, -0.25) is 0 Å². The maximum Gasteiger partial charge on any atom is 0.123 e. The van der Waals surface area contributed by atoms with Gasteiger partial charge in [-0.1, -0.05) is 107 Å². The fraction of sp³-hybridized carbons (Fsp3) is 0.567. The lowest BCUT2D eigenvalue weighted by molar-refractivity contribution is 0.421. The van der Waals surface area contributed by atoms with Gasteiger partial charge in [-0.2, -0.15) is 0 Å². The van der Waals surface area contributed by atoms with Gasteiger partial charge in [0.05, 0.1) is 0 Å². The van der Waals surface area contributed by atoms with Gasteiger partial charge in [-0.05, 0) is 67.9 Å². The Balaban J connectivity index is 2.55. The molecule has 0 bridgehead atoms. The standard InChI is InChI=1S/C30H45O2/c1-27(2,3)21-15-19(16-22(25(21)31)28(4,5)6)13-14-20-17-23(29(7,8)9)26(32)24(18-20)30(10,11)12/h13,15-18,31-32H,14H2,1-12H3. The molecule has 2 aromatic carbocycles. The first-order valence-corrected chi connectivity index (χ1v) is 11.8. The molecule has 0 aromatic heterocycles. The summed E-state index contributed by atoms with van der Waals surface area (Å²) in [4.78, 5) is 0. The highest BCUT2D eigenvalue weighted by Gasteiger charge is 2.28. The highest BCUT2D eigenvalue weighted by Crippen LogP contribution is 2.42. The van der Waals surface area contributed by atoms with Crippen LogP contribution in [0.2, 0.25) is 0 Å². The molecule has 0 aliphatic rings. The largest absolute Gasteiger partial charge is 0.507 e. The van der Waals surface area contributed by atoms with Crippen molar-refractivity contribution in [3.8, 4) is 11.5 Å². The second-order valence-electron chi connectivity index (χ2n) is 13.4. The van der Waals surface area contributed by atoms with E-state index in [-0.39, 0.29) is 21.7 Å². The molecule has 0 spiro atoms. The molecule has 0 saturated carbocycles. The Hall–Kier alpha value is -1.96. The summed E-state index contributed by atoms with van der Waals surface area (Å²) in [5.74, 6) is 0.834. The van der Waals surface area contributed by atoms with E-state index in [2.05, 4.69) is 114 Å². The maximum atomic E-state index is 11.0. The maximum absolute atomic E-state index is 11.0. The third-order valence-corrected chi connectivity index (χ3v) is 6.11. The number of phenols is 2. The number of hydrogen-bond acceptors (Lipinski definition) is 2. The summed E-state index contributed by atoms with van der Waals surface area (Å²) in [6, 6.07) is 8.55. The molecule has 0 unspecified atom stereocenters. The van der Waals surface area contributed by atoms with Crippen LogP contribution in [0, 0.1) is 6.42 Å². The average molecular weight is 438 g/mol. The summed E-state index contributed by atoms with van der Waals surface area (Å²) in [6.07, 6.45) is 3.01. The second-order valence-corrected chi connectivity index (χ2v) is 13.4. The first-order valence-electron chi connectivity index (χ1n) is 11.8. The van der Waals surface area contributed by atoms with Gasteiger partial charge >= 0.3 is 0 Å². The summed E-state index contributed by atoms with van der Waals surface area (Å²) in [7, 11) is 0. The minimum atomic E-state index is -0.148. The van der Waals surface area contributed by atoms with Gasteiger partial charge < -0.3 is 10.2 Å². The lowest BCUT2D eigenvalue weighted by Gasteiger charge is -2.29. The van der Waals surface area contributed by atoms with Gasteiger partial charge in [0.1, 0.15) is 11.5 Å². The molecule has 1 radical (unpaired) electrons. The first-order chi connectivity index (χ1) is 14.2. The molecule has 2 heteroatoms. The van der Waals surface area contributed by atoms with Crippen LogP contribution >= 0.6 is 0 Å². The van der Waals surface area contributed by atoms with Crippen LogP contribution in [0.5, 0.6) is 11.5 Å². The van der Waals surface area contributed by atoms with E-state index in [0.717, 1.165) is 34.2 Å². The number of rotatable bonds is 3. The molecule has 2 N–H and O–H groups in total. The Labute approximate surface area is 197 Å². The SMILES string of the molecule is CC(C)(C)c1cc([CH]Cc2cc(C(C)(C)C)c(O)c(C(C)(C)C)c2)cc(C(C)(C)C)c1O. The highest BCUT2D eigenvalue weighted by molar-refractivity contribution is 5.53. The van der Waals surface area contributed by atoms with Crippen LogP contribution in [-0.2, 0) is 28.1 Å². The van der Waals surface area contributed by atoms with Crippen LogP contribution in [0.3, 0.4) is 0 Å². The fourth-order valence-electron chi connectivity index (χ4n) is 4.11. The van der Waals surface area contributed by atoms with Crippen molar-refractivity contribution in [2.24, 2.45) is 0 Å². The molecule has 2 rings (SSSR count). The zero-order valence-corrected chi connectivity index (χ0v) is 22.5. The predicted molar refractivity (Wildman–Crippen MR) is 138 cm³/mol. The number of aromatic hydroxyl groups is 2. The Morgan fingerprint density at radius 1 is 0.531 bits per heavy atom. The van der Waals surface area contributed by atoms with Gasteiger partial charge in [0.25, 0.3) is 0 Å². The molecule has 2 aromatic rings. The van der Waals surface area contributed by atoms with E-state index in [0.29, 0.717) is 11.5 Å². The molecule has 0 fully saturated rings. The summed E-state index contributed by atoms with van der Waals surface area (Å²) in [6.45, 7) is 25.7. The molecule has 2 nitrogen and oxygen atoms in total. The van der Waals surface area contributed by atoms with Crippen LogP contribution in [-0.4, -0.2) is 10.2 Å². The van der Waals surface area contributed by atoms with Crippen LogP contribution in [0.4, 0.5) is 0 Å². The lowest BCUT2D eigenvalue weighted by atomic mass is 9.77. The van der Waals surface area contributed by atoms with Gasteiger partial charge in [0.2, 0.25) is 0 Å². The summed E-state index contributed by atoms with van der Waals surface area (Å²) in [5.41, 5.74) is 5.68. The quantitative estimate of drug-likeness (QED) is 0.509.